The van der Waals surface area contributed by atoms with E-state index in [4.69, 9.17) is 14.6 Å². The summed E-state index contributed by atoms with van der Waals surface area (Å²) in [4.78, 5) is 0. The molecule has 0 aliphatic rings. The molecule has 0 aliphatic heterocycles. The Bertz CT molecular complexity index is 567. The lowest BCUT2D eigenvalue weighted by atomic mass is 10.2. The summed E-state index contributed by atoms with van der Waals surface area (Å²) in [6, 6.07) is 13.6. The summed E-state index contributed by atoms with van der Waals surface area (Å²) in [6.07, 6.45) is 0. The molecule has 0 unspecified atom stereocenters. The minimum atomic E-state index is 0.0659. The molecule has 2 aromatic rings. The Morgan fingerprint density at radius 2 is 1.71 bits per heavy atom. The van der Waals surface area contributed by atoms with Gasteiger partial charge in [-0.3, -0.25) is 0 Å². The number of methoxy groups -OCH3 is 1. The predicted molar refractivity (Wildman–Crippen MR) is 83.9 cm³/mol. The zero-order valence-electron chi connectivity index (χ0n) is 12.4. The van der Waals surface area contributed by atoms with Gasteiger partial charge in [0, 0.05) is 12.2 Å². The van der Waals surface area contributed by atoms with Gasteiger partial charge in [-0.05, 0) is 42.3 Å². The second-order valence-corrected chi connectivity index (χ2v) is 4.63. The lowest BCUT2D eigenvalue weighted by Crippen LogP contribution is -2.01. The van der Waals surface area contributed by atoms with Gasteiger partial charge in [-0.15, -0.1) is 0 Å². The third-order valence-electron chi connectivity index (χ3n) is 3.16. The molecule has 0 aliphatic carbocycles. The number of hydrogen-bond acceptors (Lipinski definition) is 4. The summed E-state index contributed by atoms with van der Waals surface area (Å²) in [6.45, 7) is 3.32. The van der Waals surface area contributed by atoms with E-state index in [-0.39, 0.29) is 6.61 Å². The number of aliphatic hydroxyl groups is 1. The van der Waals surface area contributed by atoms with Crippen LogP contribution in [0.4, 0.5) is 5.69 Å². The van der Waals surface area contributed by atoms with Crippen molar-refractivity contribution >= 4 is 5.69 Å². The molecule has 0 heterocycles. The lowest BCUT2D eigenvalue weighted by Gasteiger charge is -2.12. The molecule has 0 saturated heterocycles. The SMILES string of the molecule is CCOc1cc(CNc2ccc(CO)cc2)ccc1OC. The topological polar surface area (TPSA) is 50.7 Å². The van der Waals surface area contributed by atoms with Crippen LogP contribution in [0.5, 0.6) is 11.5 Å². The summed E-state index contributed by atoms with van der Waals surface area (Å²) in [7, 11) is 1.64. The highest BCUT2D eigenvalue weighted by atomic mass is 16.5. The third kappa shape index (κ3) is 4.13. The molecule has 0 amide bonds. The number of rotatable bonds is 7. The van der Waals surface area contributed by atoms with Gasteiger partial charge in [-0.25, -0.2) is 0 Å². The highest BCUT2D eigenvalue weighted by molar-refractivity contribution is 5.47. The van der Waals surface area contributed by atoms with Crippen LogP contribution in [0.3, 0.4) is 0 Å². The Morgan fingerprint density at radius 1 is 1.00 bits per heavy atom. The van der Waals surface area contributed by atoms with E-state index in [0.717, 1.165) is 28.3 Å². The molecule has 2 rings (SSSR count). The largest absolute Gasteiger partial charge is 0.493 e. The van der Waals surface area contributed by atoms with E-state index in [2.05, 4.69) is 5.32 Å². The first-order valence-electron chi connectivity index (χ1n) is 7.00. The molecule has 0 bridgehead atoms. The van der Waals surface area contributed by atoms with E-state index >= 15 is 0 Å². The summed E-state index contributed by atoms with van der Waals surface area (Å²) in [5.41, 5.74) is 3.04. The van der Waals surface area contributed by atoms with E-state index in [1.807, 2.05) is 49.4 Å². The van der Waals surface area contributed by atoms with Gasteiger partial charge in [-0.1, -0.05) is 18.2 Å². The zero-order chi connectivity index (χ0) is 15.1. The fourth-order valence-electron chi connectivity index (χ4n) is 2.03. The molecule has 2 aromatic carbocycles. The maximum absolute atomic E-state index is 9.02. The van der Waals surface area contributed by atoms with Crippen molar-refractivity contribution < 1.29 is 14.6 Å². The molecule has 4 heteroatoms. The van der Waals surface area contributed by atoms with E-state index in [1.165, 1.54) is 0 Å². The van der Waals surface area contributed by atoms with Gasteiger partial charge in [0.1, 0.15) is 0 Å². The van der Waals surface area contributed by atoms with Crippen LogP contribution in [-0.4, -0.2) is 18.8 Å². The molecule has 0 fully saturated rings. The van der Waals surface area contributed by atoms with Crippen LogP contribution in [0.25, 0.3) is 0 Å². The monoisotopic (exact) mass is 287 g/mol. The molecule has 2 N–H and O–H groups in total. The number of benzene rings is 2. The molecule has 0 aromatic heterocycles. The van der Waals surface area contributed by atoms with E-state index < -0.39 is 0 Å². The molecule has 112 valence electrons. The van der Waals surface area contributed by atoms with E-state index in [1.54, 1.807) is 7.11 Å². The number of hydrogen-bond donors (Lipinski definition) is 2. The average molecular weight is 287 g/mol. The van der Waals surface area contributed by atoms with Crippen LogP contribution < -0.4 is 14.8 Å². The molecule has 0 spiro atoms. The van der Waals surface area contributed by atoms with Crippen LogP contribution >= 0.6 is 0 Å². The average Bonchev–Trinajstić information content (AvgIpc) is 2.54. The van der Waals surface area contributed by atoms with Crippen molar-refractivity contribution in [1.29, 1.82) is 0 Å². The van der Waals surface area contributed by atoms with Crippen molar-refractivity contribution in [2.75, 3.05) is 19.0 Å². The third-order valence-corrected chi connectivity index (χ3v) is 3.16. The Hall–Kier alpha value is -2.20. The van der Waals surface area contributed by atoms with Crippen LogP contribution in [0, 0.1) is 0 Å². The fourth-order valence-corrected chi connectivity index (χ4v) is 2.03. The van der Waals surface area contributed by atoms with Crippen molar-refractivity contribution in [3.05, 3.63) is 53.6 Å². The van der Waals surface area contributed by atoms with Gasteiger partial charge in [0.25, 0.3) is 0 Å². The zero-order valence-corrected chi connectivity index (χ0v) is 12.4. The van der Waals surface area contributed by atoms with Crippen LogP contribution in [0.2, 0.25) is 0 Å². The maximum Gasteiger partial charge on any atom is 0.161 e. The molecule has 4 nitrogen and oxygen atoms in total. The van der Waals surface area contributed by atoms with Crippen LogP contribution in [0.1, 0.15) is 18.1 Å². The standard InChI is InChI=1S/C17H21NO3/c1-3-21-17-10-14(6-9-16(17)20-2)11-18-15-7-4-13(12-19)5-8-15/h4-10,18-19H,3,11-12H2,1-2H3. The Labute approximate surface area is 125 Å². The molecular formula is C17H21NO3. The van der Waals surface area contributed by atoms with Crippen molar-refractivity contribution in [2.45, 2.75) is 20.1 Å². The maximum atomic E-state index is 9.02. The van der Waals surface area contributed by atoms with Crippen molar-refractivity contribution in [3.63, 3.8) is 0 Å². The Balaban J connectivity index is 2.03. The minimum Gasteiger partial charge on any atom is -0.493 e. The van der Waals surface area contributed by atoms with Gasteiger partial charge < -0.3 is 19.9 Å². The second kappa shape index (κ2) is 7.55. The van der Waals surface area contributed by atoms with Crippen molar-refractivity contribution in [3.8, 4) is 11.5 Å². The van der Waals surface area contributed by atoms with E-state index in [0.29, 0.717) is 13.2 Å². The van der Waals surface area contributed by atoms with Crippen LogP contribution in [-0.2, 0) is 13.2 Å². The van der Waals surface area contributed by atoms with Gasteiger partial charge in [0.05, 0.1) is 20.3 Å². The highest BCUT2D eigenvalue weighted by Crippen LogP contribution is 2.28. The van der Waals surface area contributed by atoms with Gasteiger partial charge in [0.15, 0.2) is 11.5 Å². The lowest BCUT2D eigenvalue weighted by molar-refractivity contribution is 0.282. The smallest absolute Gasteiger partial charge is 0.161 e. The first-order chi connectivity index (χ1) is 10.3. The first kappa shape index (κ1) is 15.2. The Morgan fingerprint density at radius 3 is 2.33 bits per heavy atom. The number of anilines is 1. The molecular weight excluding hydrogens is 266 g/mol. The number of aliphatic hydroxyl groups excluding tert-OH is 1. The quantitative estimate of drug-likeness (QED) is 0.821. The molecule has 0 radical (unpaired) electrons. The summed E-state index contributed by atoms with van der Waals surface area (Å²) >= 11 is 0. The Kier molecular flexibility index (Phi) is 5.46. The normalized spacial score (nSPS) is 10.2. The predicted octanol–water partition coefficient (Wildman–Crippen LogP) is 3.20. The van der Waals surface area contributed by atoms with Gasteiger partial charge in [-0.2, -0.15) is 0 Å². The second-order valence-electron chi connectivity index (χ2n) is 4.63. The molecule has 0 atom stereocenters. The van der Waals surface area contributed by atoms with Gasteiger partial charge in [0.2, 0.25) is 0 Å². The number of nitrogens with one attached hydrogen (secondary N) is 1. The minimum absolute atomic E-state index is 0.0659. The van der Waals surface area contributed by atoms with Crippen molar-refractivity contribution in [2.24, 2.45) is 0 Å². The first-order valence-corrected chi connectivity index (χ1v) is 7.00. The highest BCUT2D eigenvalue weighted by Gasteiger charge is 2.05. The summed E-state index contributed by atoms with van der Waals surface area (Å²) in [5.74, 6) is 1.50. The fraction of sp³-hybridized carbons (Fsp3) is 0.294. The van der Waals surface area contributed by atoms with Crippen LogP contribution in [0.15, 0.2) is 42.5 Å². The van der Waals surface area contributed by atoms with E-state index in [9.17, 15) is 0 Å². The molecule has 0 saturated carbocycles. The van der Waals surface area contributed by atoms with Gasteiger partial charge >= 0.3 is 0 Å². The molecule has 21 heavy (non-hydrogen) atoms. The number of ether oxygens (including phenoxy) is 2. The van der Waals surface area contributed by atoms with Crippen molar-refractivity contribution in [1.82, 2.24) is 0 Å². The summed E-state index contributed by atoms with van der Waals surface area (Å²) < 4.78 is 10.8. The summed E-state index contributed by atoms with van der Waals surface area (Å²) in [5, 5.41) is 12.4.